The van der Waals surface area contributed by atoms with Crippen LogP contribution < -0.4 is 11.1 Å². The Labute approximate surface area is 256 Å². The molecule has 2 aromatic rings. The Kier molecular flexibility index (Phi) is 9.82. The van der Waals surface area contributed by atoms with Crippen molar-refractivity contribution >= 4 is 46.5 Å². The molecule has 0 saturated carbocycles. The van der Waals surface area contributed by atoms with E-state index in [1.54, 1.807) is 41.3 Å². The van der Waals surface area contributed by atoms with E-state index in [-0.39, 0.29) is 45.0 Å². The molecule has 1 unspecified atom stereocenters. The van der Waals surface area contributed by atoms with Gasteiger partial charge >= 0.3 is 6.18 Å². The zero-order valence-corrected chi connectivity index (χ0v) is 25.0. The van der Waals surface area contributed by atoms with Gasteiger partial charge in [0.1, 0.15) is 17.7 Å². The largest absolute Gasteiger partial charge is 0.408 e. The second kappa shape index (κ2) is 12.9. The van der Waals surface area contributed by atoms with E-state index in [1.165, 1.54) is 20.0 Å². The van der Waals surface area contributed by atoms with Crippen molar-refractivity contribution in [1.29, 1.82) is 0 Å². The van der Waals surface area contributed by atoms with Crippen LogP contribution in [0.1, 0.15) is 25.1 Å². The number of carbonyl (C=O) groups is 3. The van der Waals surface area contributed by atoms with Gasteiger partial charge in [0.15, 0.2) is 5.78 Å². The number of likely N-dealkylation sites (tertiary alicyclic amines) is 1. The number of nitrogens with two attached hydrogens (primary N) is 1. The summed E-state index contributed by atoms with van der Waals surface area (Å²) < 4.78 is 45.8. The van der Waals surface area contributed by atoms with Crippen molar-refractivity contribution in [1.82, 2.24) is 20.2 Å². The number of amides is 2. The molecule has 3 N–H and O–H groups in total. The van der Waals surface area contributed by atoms with E-state index in [2.05, 4.69) is 15.4 Å². The summed E-state index contributed by atoms with van der Waals surface area (Å²) in [6.07, 6.45) is -3.38. The molecule has 43 heavy (non-hydrogen) atoms. The maximum Gasteiger partial charge on any atom is 0.408 e. The molecule has 1 aromatic carbocycles. The third kappa shape index (κ3) is 8.09. The van der Waals surface area contributed by atoms with Crippen LogP contribution >= 0.6 is 23.2 Å². The van der Waals surface area contributed by atoms with Gasteiger partial charge in [-0.05, 0) is 43.7 Å². The lowest BCUT2D eigenvalue weighted by atomic mass is 9.73. The van der Waals surface area contributed by atoms with Gasteiger partial charge in [0.05, 0.1) is 31.3 Å². The number of rotatable bonds is 11. The summed E-state index contributed by atoms with van der Waals surface area (Å²) in [6, 6.07) is 9.16. The number of piperidine rings is 1. The molecular weight excluding hydrogens is 612 g/mol. The molecule has 2 atom stereocenters. The molecule has 10 nitrogen and oxygen atoms in total. The minimum atomic E-state index is -4.73. The van der Waals surface area contributed by atoms with Crippen LogP contribution in [0.15, 0.2) is 47.7 Å². The number of hydrogen-bond acceptors (Lipinski definition) is 8. The van der Waals surface area contributed by atoms with Crippen molar-refractivity contribution in [3.8, 4) is 0 Å². The average molecular weight is 643 g/mol. The summed E-state index contributed by atoms with van der Waals surface area (Å²) >= 11 is 12.2. The van der Waals surface area contributed by atoms with Gasteiger partial charge in [0.2, 0.25) is 5.91 Å². The minimum absolute atomic E-state index is 0.0196. The molecule has 1 saturated heterocycles. The number of nitrogens with one attached hydrogen (secondary N) is 1. The summed E-state index contributed by atoms with van der Waals surface area (Å²) in [4.78, 5) is 45.6. The smallest absolute Gasteiger partial charge is 0.375 e. The van der Waals surface area contributed by atoms with Crippen molar-refractivity contribution in [2.24, 2.45) is 16.3 Å². The fraction of sp³-hybridized carbons (Fsp3) is 0.464. The maximum absolute atomic E-state index is 13.6. The first-order chi connectivity index (χ1) is 20.1. The first-order valence-corrected chi connectivity index (χ1v) is 14.1. The van der Waals surface area contributed by atoms with Gasteiger partial charge in [-0.2, -0.15) is 18.3 Å². The number of halogens is 5. The SMILES string of the molecule is CC(C)(N)C(=O)N[C@@H](COCc1ccc(Cl)cc1Cl)CN1CC(=O)C2=NN(CC(F)(F)F)C(=O)C2(Cc2ccccn2)C1. The van der Waals surface area contributed by atoms with Gasteiger partial charge in [-0.1, -0.05) is 35.3 Å². The van der Waals surface area contributed by atoms with Crippen LogP contribution in [-0.2, 0) is 32.1 Å². The zero-order chi connectivity index (χ0) is 31.6. The molecule has 2 aliphatic rings. The summed E-state index contributed by atoms with van der Waals surface area (Å²) in [6.45, 7) is 1.11. The molecule has 1 aromatic heterocycles. The van der Waals surface area contributed by atoms with Crippen LogP contribution in [0, 0.1) is 5.41 Å². The fourth-order valence-corrected chi connectivity index (χ4v) is 5.46. The van der Waals surface area contributed by atoms with Gasteiger partial charge in [-0.15, -0.1) is 0 Å². The highest BCUT2D eigenvalue weighted by molar-refractivity contribution is 6.48. The Morgan fingerprint density at radius 1 is 1.21 bits per heavy atom. The highest BCUT2D eigenvalue weighted by Gasteiger charge is 2.58. The Balaban J connectivity index is 1.58. The van der Waals surface area contributed by atoms with Crippen molar-refractivity contribution in [3.05, 3.63) is 63.9 Å². The number of benzene rings is 1. The van der Waals surface area contributed by atoms with E-state index >= 15 is 0 Å². The number of pyridine rings is 1. The molecule has 2 aliphatic heterocycles. The third-order valence-corrected chi connectivity index (χ3v) is 7.56. The van der Waals surface area contributed by atoms with E-state index in [0.29, 0.717) is 26.3 Å². The lowest BCUT2D eigenvalue weighted by molar-refractivity contribution is -0.163. The van der Waals surface area contributed by atoms with Gasteiger partial charge in [0.25, 0.3) is 5.91 Å². The Morgan fingerprint density at radius 2 is 1.95 bits per heavy atom. The normalized spacial score (nSPS) is 20.2. The summed E-state index contributed by atoms with van der Waals surface area (Å²) in [5.41, 5.74) is 3.87. The second-order valence-corrected chi connectivity index (χ2v) is 12.1. The van der Waals surface area contributed by atoms with E-state index in [1.807, 2.05) is 0 Å². The fourth-order valence-electron chi connectivity index (χ4n) is 5.00. The predicted octanol–water partition coefficient (Wildman–Crippen LogP) is 3.00. The van der Waals surface area contributed by atoms with Crippen LogP contribution in [0.25, 0.3) is 0 Å². The van der Waals surface area contributed by atoms with Crippen molar-refractivity contribution in [2.75, 3.05) is 32.8 Å². The highest BCUT2D eigenvalue weighted by Crippen LogP contribution is 2.38. The number of alkyl halides is 3. The maximum atomic E-state index is 13.6. The molecule has 0 spiro atoms. The van der Waals surface area contributed by atoms with E-state index in [9.17, 15) is 27.6 Å². The lowest BCUT2D eigenvalue weighted by Gasteiger charge is -2.40. The van der Waals surface area contributed by atoms with Gasteiger partial charge in [-0.3, -0.25) is 24.3 Å². The van der Waals surface area contributed by atoms with Crippen LogP contribution in [0.4, 0.5) is 13.2 Å². The lowest BCUT2D eigenvalue weighted by Crippen LogP contribution is -2.61. The molecule has 4 rings (SSSR count). The number of nitrogens with zero attached hydrogens (tertiary/aromatic N) is 4. The van der Waals surface area contributed by atoms with Gasteiger partial charge in [0, 0.05) is 41.4 Å². The van der Waals surface area contributed by atoms with Crippen molar-refractivity contribution < 1.29 is 32.3 Å². The molecule has 0 bridgehead atoms. The first-order valence-electron chi connectivity index (χ1n) is 13.3. The van der Waals surface area contributed by atoms with Crippen molar-refractivity contribution in [3.63, 3.8) is 0 Å². The summed E-state index contributed by atoms with van der Waals surface area (Å²) in [5.74, 6) is -2.04. The molecule has 2 amide bonds. The number of Topliss-reactive ketones (excluding diaryl/α,β-unsaturated/α-hetero) is 1. The molecule has 15 heteroatoms. The molecule has 0 aliphatic carbocycles. The van der Waals surface area contributed by atoms with Crippen LogP contribution in [0.3, 0.4) is 0 Å². The Bertz CT molecular complexity index is 1400. The number of fused-ring (bicyclic) bond motifs is 1. The number of carbonyl (C=O) groups excluding carboxylic acids is 3. The van der Waals surface area contributed by atoms with E-state index in [4.69, 9.17) is 33.7 Å². The standard InChI is InChI=1S/C28H31Cl2F3N6O4/c1-26(2,34)24(41)36-20(14-43-13-17-6-7-18(29)9-21(17)30)11-38-12-22(40)23-27(15-38,10-19-5-3-4-8-35-19)25(42)39(37-23)16-28(31,32)33/h3-9,20H,10-16,34H2,1-2H3,(H,36,41)/t20-,27?/m1/s1. The van der Waals surface area contributed by atoms with Crippen molar-refractivity contribution in [2.45, 2.75) is 44.6 Å². The second-order valence-electron chi connectivity index (χ2n) is 11.2. The van der Waals surface area contributed by atoms with Crippen LogP contribution in [-0.4, -0.2) is 88.7 Å². The minimum Gasteiger partial charge on any atom is -0.375 e. The van der Waals surface area contributed by atoms with Gasteiger partial charge < -0.3 is 15.8 Å². The third-order valence-electron chi connectivity index (χ3n) is 6.97. The van der Waals surface area contributed by atoms with Crippen LogP contribution in [0.2, 0.25) is 10.0 Å². The topological polar surface area (TPSA) is 130 Å². The zero-order valence-electron chi connectivity index (χ0n) is 23.5. The first kappa shape index (κ1) is 32.8. The highest BCUT2D eigenvalue weighted by atomic mass is 35.5. The average Bonchev–Trinajstić information content (AvgIpc) is 3.15. The molecule has 0 radical (unpaired) electrons. The van der Waals surface area contributed by atoms with E-state index in [0.717, 1.165) is 0 Å². The van der Waals surface area contributed by atoms with E-state index < -0.39 is 47.3 Å². The Morgan fingerprint density at radius 3 is 2.58 bits per heavy atom. The number of ether oxygens (including phenoxy) is 1. The summed E-state index contributed by atoms with van der Waals surface area (Å²) in [7, 11) is 0. The molecular formula is C28H31Cl2F3N6O4. The quantitative estimate of drug-likeness (QED) is 0.385. The molecule has 3 heterocycles. The van der Waals surface area contributed by atoms with Crippen LogP contribution in [0.5, 0.6) is 0 Å². The predicted molar refractivity (Wildman–Crippen MR) is 153 cm³/mol. The molecule has 232 valence electrons. The monoisotopic (exact) mass is 642 g/mol. The number of ketones is 1. The number of hydrogen-bond donors (Lipinski definition) is 2. The van der Waals surface area contributed by atoms with Gasteiger partial charge in [-0.25, -0.2) is 5.01 Å². The summed E-state index contributed by atoms with van der Waals surface area (Å²) in [5, 5.41) is 7.84. The number of aromatic nitrogens is 1. The number of hydrazone groups is 1. The Hall–Kier alpha value is -3.10. The molecule has 1 fully saturated rings.